The zero-order valence-corrected chi connectivity index (χ0v) is 12.8. The molecule has 5 heteroatoms. The molecule has 0 saturated heterocycles. The molecule has 2 aromatic heterocycles. The van der Waals surface area contributed by atoms with E-state index in [2.05, 4.69) is 39.3 Å². The van der Waals surface area contributed by atoms with Crippen molar-refractivity contribution in [2.75, 3.05) is 0 Å². The van der Waals surface area contributed by atoms with Gasteiger partial charge in [0.15, 0.2) is 0 Å². The minimum absolute atomic E-state index is 0.521. The molecule has 0 bridgehead atoms. The van der Waals surface area contributed by atoms with Crippen molar-refractivity contribution in [3.8, 4) is 0 Å². The largest absolute Gasteiger partial charge is 0.308 e. The molecule has 1 saturated carbocycles. The number of hydrogen-bond acceptors (Lipinski definition) is 5. The van der Waals surface area contributed by atoms with Gasteiger partial charge in [0, 0.05) is 18.5 Å². The lowest BCUT2D eigenvalue weighted by Gasteiger charge is -2.11. The Balaban J connectivity index is 1.40. The molecule has 2 aromatic rings. The highest BCUT2D eigenvalue weighted by Gasteiger charge is 2.27. The van der Waals surface area contributed by atoms with E-state index in [1.165, 1.54) is 29.8 Å². The summed E-state index contributed by atoms with van der Waals surface area (Å²) in [7, 11) is 0. The second-order valence-corrected chi connectivity index (χ2v) is 7.13. The molecule has 0 aliphatic heterocycles. The number of aromatic nitrogens is 2. The molecule has 1 aliphatic carbocycles. The van der Waals surface area contributed by atoms with Crippen LogP contribution < -0.4 is 5.32 Å². The van der Waals surface area contributed by atoms with Crippen LogP contribution in [0.2, 0.25) is 0 Å². The molecule has 102 valence electrons. The summed E-state index contributed by atoms with van der Waals surface area (Å²) >= 11 is 3.55. The Kier molecular flexibility index (Phi) is 4.25. The van der Waals surface area contributed by atoms with Crippen molar-refractivity contribution in [1.29, 1.82) is 0 Å². The molecule has 1 atom stereocenters. The number of rotatable bonds is 7. The zero-order chi connectivity index (χ0) is 13.1. The quantitative estimate of drug-likeness (QED) is 0.848. The van der Waals surface area contributed by atoms with Crippen LogP contribution in [0.4, 0.5) is 0 Å². The van der Waals surface area contributed by atoms with E-state index >= 15 is 0 Å². The van der Waals surface area contributed by atoms with Crippen LogP contribution >= 0.6 is 22.7 Å². The van der Waals surface area contributed by atoms with Crippen molar-refractivity contribution >= 4 is 22.7 Å². The lowest BCUT2D eigenvalue weighted by atomic mass is 10.1. The second-order valence-electron chi connectivity index (χ2n) is 5.26. The standard InChI is InChI=1S/C14H19N3S2/c1-10(2-3-11-6-7-18-9-11)15-8-13-16-17-14(19-13)12-4-5-12/h6-7,9-10,12,15H,2-5,8H2,1H3. The summed E-state index contributed by atoms with van der Waals surface area (Å²) in [6, 6.07) is 2.73. The van der Waals surface area contributed by atoms with Crippen molar-refractivity contribution < 1.29 is 0 Å². The number of thiophene rings is 1. The number of aryl methyl sites for hydroxylation is 1. The first-order valence-electron chi connectivity index (χ1n) is 6.88. The average molecular weight is 293 g/mol. The molecule has 1 N–H and O–H groups in total. The normalized spacial score (nSPS) is 16.7. The maximum absolute atomic E-state index is 4.27. The van der Waals surface area contributed by atoms with Gasteiger partial charge in [-0.15, -0.1) is 10.2 Å². The molecule has 2 heterocycles. The lowest BCUT2D eigenvalue weighted by Crippen LogP contribution is -2.25. The highest BCUT2D eigenvalue weighted by atomic mass is 32.1. The van der Waals surface area contributed by atoms with Gasteiger partial charge in [-0.3, -0.25) is 0 Å². The summed E-state index contributed by atoms with van der Waals surface area (Å²) in [6.07, 6.45) is 4.93. The predicted molar refractivity (Wildman–Crippen MR) is 80.8 cm³/mol. The Morgan fingerprint density at radius 1 is 1.42 bits per heavy atom. The van der Waals surface area contributed by atoms with Crippen LogP contribution in [0.3, 0.4) is 0 Å². The molecular formula is C14H19N3S2. The Morgan fingerprint density at radius 2 is 2.32 bits per heavy atom. The third-order valence-electron chi connectivity index (χ3n) is 3.46. The monoisotopic (exact) mass is 293 g/mol. The molecule has 1 aliphatic rings. The molecule has 0 spiro atoms. The van der Waals surface area contributed by atoms with Crippen LogP contribution in [0.5, 0.6) is 0 Å². The average Bonchev–Trinajstić information content (AvgIpc) is 2.95. The van der Waals surface area contributed by atoms with Gasteiger partial charge < -0.3 is 5.32 Å². The fourth-order valence-electron chi connectivity index (χ4n) is 2.01. The first kappa shape index (κ1) is 13.2. The fourth-order valence-corrected chi connectivity index (χ4v) is 3.68. The Morgan fingerprint density at radius 3 is 3.05 bits per heavy atom. The molecule has 19 heavy (non-hydrogen) atoms. The van der Waals surface area contributed by atoms with Gasteiger partial charge in [0.05, 0.1) is 0 Å². The van der Waals surface area contributed by atoms with Gasteiger partial charge in [-0.1, -0.05) is 11.3 Å². The summed E-state index contributed by atoms with van der Waals surface area (Å²) in [5.41, 5.74) is 1.45. The van der Waals surface area contributed by atoms with Crippen LogP contribution in [-0.4, -0.2) is 16.2 Å². The lowest BCUT2D eigenvalue weighted by molar-refractivity contribution is 0.512. The van der Waals surface area contributed by atoms with Crippen LogP contribution in [0.25, 0.3) is 0 Å². The van der Waals surface area contributed by atoms with Crippen molar-refractivity contribution in [3.63, 3.8) is 0 Å². The van der Waals surface area contributed by atoms with Crippen LogP contribution in [-0.2, 0) is 13.0 Å². The summed E-state index contributed by atoms with van der Waals surface area (Å²) < 4.78 is 0. The van der Waals surface area contributed by atoms with E-state index in [4.69, 9.17) is 0 Å². The minimum Gasteiger partial charge on any atom is -0.308 e. The molecular weight excluding hydrogens is 274 g/mol. The van der Waals surface area contributed by atoms with Gasteiger partial charge in [-0.2, -0.15) is 11.3 Å². The first-order valence-corrected chi connectivity index (χ1v) is 8.64. The molecule has 3 rings (SSSR count). The van der Waals surface area contributed by atoms with Crippen LogP contribution in [0.15, 0.2) is 16.8 Å². The van der Waals surface area contributed by atoms with E-state index in [-0.39, 0.29) is 0 Å². The number of nitrogens with zero attached hydrogens (tertiary/aromatic N) is 2. The van der Waals surface area contributed by atoms with E-state index in [0.717, 1.165) is 23.9 Å². The van der Waals surface area contributed by atoms with Gasteiger partial charge in [0.1, 0.15) is 10.0 Å². The van der Waals surface area contributed by atoms with E-state index in [0.29, 0.717) is 6.04 Å². The van der Waals surface area contributed by atoms with E-state index in [1.807, 2.05) is 0 Å². The number of nitrogens with one attached hydrogen (secondary N) is 1. The summed E-state index contributed by atoms with van der Waals surface area (Å²) in [5, 5.41) is 18.8. The molecule has 1 fully saturated rings. The molecule has 0 radical (unpaired) electrons. The highest BCUT2D eigenvalue weighted by Crippen LogP contribution is 2.41. The van der Waals surface area contributed by atoms with Gasteiger partial charge in [0.2, 0.25) is 0 Å². The van der Waals surface area contributed by atoms with E-state index in [1.54, 1.807) is 22.7 Å². The summed E-state index contributed by atoms with van der Waals surface area (Å²) in [6.45, 7) is 3.10. The highest BCUT2D eigenvalue weighted by molar-refractivity contribution is 7.11. The molecule has 3 nitrogen and oxygen atoms in total. The maximum atomic E-state index is 4.27. The topological polar surface area (TPSA) is 37.8 Å². The SMILES string of the molecule is CC(CCc1ccsc1)NCc1nnc(C2CC2)s1. The van der Waals surface area contributed by atoms with Crippen molar-refractivity contribution in [2.45, 2.75) is 51.1 Å². The van der Waals surface area contributed by atoms with Crippen molar-refractivity contribution in [3.05, 3.63) is 32.4 Å². The van der Waals surface area contributed by atoms with Crippen molar-refractivity contribution in [2.24, 2.45) is 0 Å². The van der Waals surface area contributed by atoms with Gasteiger partial charge >= 0.3 is 0 Å². The summed E-state index contributed by atoms with van der Waals surface area (Å²) in [5.74, 6) is 0.724. The van der Waals surface area contributed by atoms with Crippen LogP contribution in [0.1, 0.15) is 47.7 Å². The summed E-state index contributed by atoms with van der Waals surface area (Å²) in [4.78, 5) is 0. The van der Waals surface area contributed by atoms with E-state index < -0.39 is 0 Å². The fraction of sp³-hybridized carbons (Fsp3) is 0.571. The minimum atomic E-state index is 0.521. The smallest absolute Gasteiger partial charge is 0.131 e. The van der Waals surface area contributed by atoms with Gasteiger partial charge in [-0.25, -0.2) is 0 Å². The third-order valence-corrected chi connectivity index (χ3v) is 5.27. The second kappa shape index (κ2) is 6.11. The van der Waals surface area contributed by atoms with Crippen LogP contribution in [0, 0.1) is 0 Å². The molecule has 0 amide bonds. The zero-order valence-electron chi connectivity index (χ0n) is 11.1. The molecule has 0 aromatic carbocycles. The van der Waals surface area contributed by atoms with Gasteiger partial charge in [0.25, 0.3) is 0 Å². The Bertz CT molecular complexity index is 503. The first-order chi connectivity index (χ1) is 9.31. The Labute approximate surface area is 122 Å². The Hall–Kier alpha value is -0.780. The number of hydrogen-bond donors (Lipinski definition) is 1. The maximum Gasteiger partial charge on any atom is 0.131 e. The van der Waals surface area contributed by atoms with Crippen molar-refractivity contribution in [1.82, 2.24) is 15.5 Å². The van der Waals surface area contributed by atoms with Gasteiger partial charge in [-0.05, 0) is 55.0 Å². The predicted octanol–water partition coefficient (Wildman–Crippen LogP) is 3.59. The third kappa shape index (κ3) is 3.84. The molecule has 1 unspecified atom stereocenters. The van der Waals surface area contributed by atoms with E-state index in [9.17, 15) is 0 Å².